The molecule has 0 spiro atoms. The van der Waals surface area contributed by atoms with Gasteiger partial charge in [0.05, 0.1) is 6.61 Å². The average Bonchev–Trinajstić information content (AvgIpc) is 2.18. The van der Waals surface area contributed by atoms with E-state index in [4.69, 9.17) is 4.74 Å². The van der Waals surface area contributed by atoms with Crippen LogP contribution in [-0.2, 0) is 9.53 Å². The first kappa shape index (κ1) is 15.9. The molecule has 1 N–H and O–H groups in total. The highest BCUT2D eigenvalue weighted by Gasteiger charge is 2.30. The van der Waals surface area contributed by atoms with Crippen LogP contribution < -0.4 is 0 Å². The van der Waals surface area contributed by atoms with Crippen molar-refractivity contribution in [3.05, 3.63) is 10.3 Å². The maximum Gasteiger partial charge on any atom is 0.341 e. The standard InChI is InChI=1S/C11H20O3S2/c1-5-14-10(12)11(4,13)8-9(15-6-2)16-7-3/h8,13H,5-7H2,1-4H3. The Morgan fingerprint density at radius 3 is 2.19 bits per heavy atom. The van der Waals surface area contributed by atoms with E-state index < -0.39 is 11.6 Å². The van der Waals surface area contributed by atoms with Crippen LogP contribution in [-0.4, -0.2) is 34.8 Å². The van der Waals surface area contributed by atoms with E-state index in [1.54, 1.807) is 36.5 Å². The van der Waals surface area contributed by atoms with E-state index in [1.165, 1.54) is 6.92 Å². The SMILES string of the molecule is CCOC(=O)C(C)(O)C=C(SCC)SCC. The molecule has 1 atom stereocenters. The normalized spacial score (nSPS) is 14.1. The number of hydrogen-bond acceptors (Lipinski definition) is 5. The average molecular weight is 264 g/mol. The molecule has 3 nitrogen and oxygen atoms in total. The van der Waals surface area contributed by atoms with E-state index >= 15 is 0 Å². The molecule has 0 aliphatic carbocycles. The Bertz CT molecular complexity index is 242. The smallest absolute Gasteiger partial charge is 0.341 e. The van der Waals surface area contributed by atoms with Crippen LogP contribution in [0.1, 0.15) is 27.7 Å². The molecule has 0 saturated heterocycles. The second kappa shape index (κ2) is 8.03. The topological polar surface area (TPSA) is 46.5 Å². The lowest BCUT2D eigenvalue weighted by Gasteiger charge is -2.18. The lowest BCUT2D eigenvalue weighted by Crippen LogP contribution is -2.34. The molecule has 0 aromatic rings. The van der Waals surface area contributed by atoms with Crippen molar-refractivity contribution in [3.8, 4) is 0 Å². The number of esters is 1. The lowest BCUT2D eigenvalue weighted by atomic mass is 10.1. The number of aliphatic hydroxyl groups is 1. The highest BCUT2D eigenvalue weighted by atomic mass is 32.2. The molecule has 94 valence electrons. The van der Waals surface area contributed by atoms with Crippen molar-refractivity contribution in [1.29, 1.82) is 0 Å². The maximum atomic E-state index is 11.5. The molecule has 0 bridgehead atoms. The molecule has 0 heterocycles. The van der Waals surface area contributed by atoms with Crippen LogP contribution in [0.4, 0.5) is 0 Å². The molecule has 0 rings (SSSR count). The van der Waals surface area contributed by atoms with Gasteiger partial charge in [0, 0.05) is 4.24 Å². The van der Waals surface area contributed by atoms with E-state index in [9.17, 15) is 9.90 Å². The van der Waals surface area contributed by atoms with Crippen molar-refractivity contribution < 1.29 is 14.6 Å². The van der Waals surface area contributed by atoms with Crippen molar-refractivity contribution in [2.75, 3.05) is 18.1 Å². The molecule has 0 aromatic heterocycles. The Balaban J connectivity index is 4.69. The molecule has 0 radical (unpaired) electrons. The maximum absolute atomic E-state index is 11.5. The molecular formula is C11H20O3S2. The van der Waals surface area contributed by atoms with Gasteiger partial charge in [-0.25, -0.2) is 4.79 Å². The molecule has 16 heavy (non-hydrogen) atoms. The zero-order valence-electron chi connectivity index (χ0n) is 10.3. The molecule has 5 heteroatoms. The third-order valence-electron chi connectivity index (χ3n) is 1.66. The summed E-state index contributed by atoms with van der Waals surface area (Å²) in [6, 6.07) is 0. The van der Waals surface area contributed by atoms with Gasteiger partial charge in [-0.2, -0.15) is 0 Å². The van der Waals surface area contributed by atoms with Crippen LogP contribution in [0.15, 0.2) is 10.3 Å². The first-order chi connectivity index (χ1) is 7.47. The molecule has 0 aromatic carbocycles. The fourth-order valence-corrected chi connectivity index (χ4v) is 3.21. The van der Waals surface area contributed by atoms with Gasteiger partial charge in [-0.3, -0.25) is 0 Å². The minimum absolute atomic E-state index is 0.278. The highest BCUT2D eigenvalue weighted by Crippen LogP contribution is 2.30. The predicted octanol–water partition coefficient (Wildman–Crippen LogP) is 2.65. The van der Waals surface area contributed by atoms with Crippen LogP contribution in [0.5, 0.6) is 0 Å². The largest absolute Gasteiger partial charge is 0.464 e. The van der Waals surface area contributed by atoms with Crippen LogP contribution in [0.2, 0.25) is 0 Å². The van der Waals surface area contributed by atoms with E-state index in [-0.39, 0.29) is 6.61 Å². The summed E-state index contributed by atoms with van der Waals surface area (Å²) >= 11 is 3.24. The number of carbonyl (C=O) groups excluding carboxylic acids is 1. The zero-order chi connectivity index (χ0) is 12.6. The van der Waals surface area contributed by atoms with Crippen molar-refractivity contribution in [2.24, 2.45) is 0 Å². The Labute approximate surface area is 106 Å². The summed E-state index contributed by atoms with van der Waals surface area (Å²) in [5.41, 5.74) is -1.53. The Morgan fingerprint density at radius 2 is 1.81 bits per heavy atom. The number of thioether (sulfide) groups is 2. The number of ether oxygens (including phenoxy) is 1. The fraction of sp³-hybridized carbons (Fsp3) is 0.727. The van der Waals surface area contributed by atoms with Crippen LogP contribution >= 0.6 is 23.5 Å². The number of hydrogen-bond donors (Lipinski definition) is 1. The second-order valence-corrected chi connectivity index (χ2v) is 6.07. The number of carbonyl (C=O) groups is 1. The van der Waals surface area contributed by atoms with Crippen LogP contribution in [0.25, 0.3) is 0 Å². The van der Waals surface area contributed by atoms with Gasteiger partial charge in [-0.1, -0.05) is 13.8 Å². The summed E-state index contributed by atoms with van der Waals surface area (Å²) in [6.07, 6.45) is 1.58. The van der Waals surface area contributed by atoms with Gasteiger partial charge in [0.15, 0.2) is 5.60 Å². The van der Waals surface area contributed by atoms with Gasteiger partial charge in [0.25, 0.3) is 0 Å². The van der Waals surface area contributed by atoms with Gasteiger partial charge < -0.3 is 9.84 Å². The van der Waals surface area contributed by atoms with Gasteiger partial charge >= 0.3 is 5.97 Å². The summed E-state index contributed by atoms with van der Waals surface area (Å²) in [5.74, 6) is 1.23. The van der Waals surface area contributed by atoms with E-state index in [1.807, 2.05) is 13.8 Å². The second-order valence-electron chi connectivity index (χ2n) is 3.20. The van der Waals surface area contributed by atoms with Crippen molar-refractivity contribution in [2.45, 2.75) is 33.3 Å². The van der Waals surface area contributed by atoms with Crippen molar-refractivity contribution >= 4 is 29.5 Å². The highest BCUT2D eigenvalue weighted by molar-refractivity contribution is 8.22. The zero-order valence-corrected chi connectivity index (χ0v) is 11.9. The van der Waals surface area contributed by atoms with Crippen LogP contribution in [0, 0.1) is 0 Å². The summed E-state index contributed by atoms with van der Waals surface area (Å²) in [4.78, 5) is 11.5. The van der Waals surface area contributed by atoms with Gasteiger partial charge in [0.1, 0.15) is 0 Å². The quantitative estimate of drug-likeness (QED) is 0.716. The van der Waals surface area contributed by atoms with Gasteiger partial charge in [-0.15, -0.1) is 23.5 Å². The first-order valence-corrected chi connectivity index (χ1v) is 7.33. The first-order valence-electron chi connectivity index (χ1n) is 5.35. The Kier molecular flexibility index (Phi) is 7.97. The molecule has 0 fully saturated rings. The molecule has 0 saturated carbocycles. The minimum Gasteiger partial charge on any atom is -0.464 e. The minimum atomic E-state index is -1.53. The molecule has 0 aliphatic rings. The Morgan fingerprint density at radius 1 is 1.31 bits per heavy atom. The van der Waals surface area contributed by atoms with Gasteiger partial charge in [-0.05, 0) is 31.4 Å². The predicted molar refractivity (Wildman–Crippen MR) is 71.6 cm³/mol. The Hall–Kier alpha value is -0.130. The van der Waals surface area contributed by atoms with Crippen LogP contribution in [0.3, 0.4) is 0 Å². The molecule has 0 aliphatic heterocycles. The molecular weight excluding hydrogens is 244 g/mol. The molecule has 0 amide bonds. The summed E-state index contributed by atoms with van der Waals surface area (Å²) in [6.45, 7) is 7.53. The lowest BCUT2D eigenvalue weighted by molar-refractivity contribution is -0.158. The van der Waals surface area contributed by atoms with E-state index in [0.29, 0.717) is 0 Å². The van der Waals surface area contributed by atoms with Crippen molar-refractivity contribution in [1.82, 2.24) is 0 Å². The summed E-state index contributed by atoms with van der Waals surface area (Å²) in [7, 11) is 0. The monoisotopic (exact) mass is 264 g/mol. The fourth-order valence-electron chi connectivity index (χ4n) is 0.975. The van der Waals surface area contributed by atoms with E-state index in [2.05, 4.69) is 0 Å². The third-order valence-corrected chi connectivity index (χ3v) is 3.75. The van der Waals surface area contributed by atoms with E-state index in [0.717, 1.165) is 15.7 Å². The third kappa shape index (κ3) is 5.82. The number of rotatable bonds is 7. The summed E-state index contributed by atoms with van der Waals surface area (Å²) < 4.78 is 5.77. The molecule has 1 unspecified atom stereocenters. The summed E-state index contributed by atoms with van der Waals surface area (Å²) in [5, 5.41) is 9.96. The van der Waals surface area contributed by atoms with Gasteiger partial charge in [0.2, 0.25) is 0 Å². The van der Waals surface area contributed by atoms with Crippen molar-refractivity contribution in [3.63, 3.8) is 0 Å².